The SMILES string of the molecule is CCCCCCCCCCCCc1cnc(-c2ccc(OCCC(F)CCCCCCCC)c(F)c2)nc1. The number of halogens is 2. The highest BCUT2D eigenvalue weighted by molar-refractivity contribution is 5.56. The van der Waals surface area contributed by atoms with E-state index in [2.05, 4.69) is 23.8 Å². The smallest absolute Gasteiger partial charge is 0.165 e. The Labute approximate surface area is 231 Å². The van der Waals surface area contributed by atoms with Crippen molar-refractivity contribution in [1.29, 1.82) is 0 Å². The molecule has 214 valence electrons. The molecule has 1 atom stereocenters. The van der Waals surface area contributed by atoms with E-state index in [1.54, 1.807) is 12.1 Å². The van der Waals surface area contributed by atoms with Crippen LogP contribution in [-0.2, 0) is 6.42 Å². The number of alkyl halides is 1. The number of ether oxygens (including phenoxy) is 1. The Kier molecular flexibility index (Phi) is 17.7. The van der Waals surface area contributed by atoms with Gasteiger partial charge in [0, 0.05) is 24.4 Å². The molecule has 1 aromatic heterocycles. The van der Waals surface area contributed by atoms with Gasteiger partial charge in [-0.1, -0.05) is 110 Å². The highest BCUT2D eigenvalue weighted by atomic mass is 19.1. The zero-order valence-corrected chi connectivity index (χ0v) is 24.2. The van der Waals surface area contributed by atoms with Crippen LogP contribution in [0.4, 0.5) is 8.78 Å². The minimum absolute atomic E-state index is 0.151. The third-order valence-corrected chi connectivity index (χ3v) is 7.27. The van der Waals surface area contributed by atoms with Crippen molar-refractivity contribution in [3.63, 3.8) is 0 Å². The lowest BCUT2D eigenvalue weighted by Gasteiger charge is -2.11. The number of rotatable bonds is 23. The Morgan fingerprint density at radius 2 is 1.26 bits per heavy atom. The van der Waals surface area contributed by atoms with Gasteiger partial charge in [0.1, 0.15) is 6.17 Å². The van der Waals surface area contributed by atoms with Crippen LogP contribution in [0.3, 0.4) is 0 Å². The summed E-state index contributed by atoms with van der Waals surface area (Å²) in [7, 11) is 0. The zero-order valence-electron chi connectivity index (χ0n) is 24.2. The third kappa shape index (κ3) is 14.2. The van der Waals surface area contributed by atoms with Crippen LogP contribution in [0, 0.1) is 5.82 Å². The molecule has 0 saturated carbocycles. The van der Waals surface area contributed by atoms with Crippen LogP contribution in [0.15, 0.2) is 30.6 Å². The van der Waals surface area contributed by atoms with E-state index < -0.39 is 12.0 Å². The number of hydrogen-bond acceptors (Lipinski definition) is 3. The second-order valence-electron chi connectivity index (χ2n) is 10.8. The topological polar surface area (TPSA) is 35.0 Å². The third-order valence-electron chi connectivity index (χ3n) is 7.27. The van der Waals surface area contributed by atoms with Crippen molar-refractivity contribution >= 4 is 0 Å². The first kappa shape index (κ1) is 32.2. The van der Waals surface area contributed by atoms with E-state index >= 15 is 0 Å². The van der Waals surface area contributed by atoms with Crippen LogP contribution >= 0.6 is 0 Å². The summed E-state index contributed by atoms with van der Waals surface area (Å²) >= 11 is 0. The van der Waals surface area contributed by atoms with Gasteiger partial charge in [-0.05, 0) is 43.0 Å². The van der Waals surface area contributed by atoms with Gasteiger partial charge < -0.3 is 4.74 Å². The molecule has 0 radical (unpaired) electrons. The summed E-state index contributed by atoms with van der Waals surface area (Å²) in [4.78, 5) is 8.91. The molecule has 2 rings (SSSR count). The Morgan fingerprint density at radius 1 is 0.711 bits per heavy atom. The van der Waals surface area contributed by atoms with Gasteiger partial charge in [0.25, 0.3) is 0 Å². The number of aryl methyl sites for hydroxylation is 1. The van der Waals surface area contributed by atoms with Gasteiger partial charge in [0.2, 0.25) is 0 Å². The molecule has 0 amide bonds. The first-order valence-electron chi connectivity index (χ1n) is 15.5. The standard InChI is InChI=1S/C33H52F2N2O/c1-3-5-7-9-11-12-13-14-15-17-19-28-26-36-33(37-27-28)29-21-22-32(31(35)25-29)38-24-23-30(34)20-18-16-10-8-6-4-2/h21-22,25-27,30H,3-20,23-24H2,1-2H3. The molecular weight excluding hydrogens is 478 g/mol. The van der Waals surface area contributed by atoms with Crippen molar-refractivity contribution in [3.8, 4) is 17.1 Å². The summed E-state index contributed by atoms with van der Waals surface area (Å²) in [6.45, 7) is 4.63. The molecule has 5 heteroatoms. The van der Waals surface area contributed by atoms with Gasteiger partial charge in [-0.25, -0.2) is 18.7 Å². The number of benzene rings is 1. The average Bonchev–Trinajstić information content (AvgIpc) is 2.93. The normalized spacial score (nSPS) is 12.1. The predicted molar refractivity (Wildman–Crippen MR) is 156 cm³/mol. The maximum atomic E-state index is 14.6. The predicted octanol–water partition coefficient (Wildman–Crippen LogP) is 10.6. The summed E-state index contributed by atoms with van der Waals surface area (Å²) in [5.41, 5.74) is 1.74. The summed E-state index contributed by atoms with van der Waals surface area (Å²) < 4.78 is 34.2. The van der Waals surface area contributed by atoms with Gasteiger partial charge >= 0.3 is 0 Å². The van der Waals surface area contributed by atoms with Crippen molar-refractivity contribution in [2.24, 2.45) is 0 Å². The molecule has 0 aliphatic heterocycles. The van der Waals surface area contributed by atoms with Crippen molar-refractivity contribution in [1.82, 2.24) is 9.97 Å². The second-order valence-corrected chi connectivity index (χ2v) is 10.8. The van der Waals surface area contributed by atoms with Crippen molar-refractivity contribution in [3.05, 3.63) is 42.0 Å². The molecule has 38 heavy (non-hydrogen) atoms. The van der Waals surface area contributed by atoms with E-state index in [-0.39, 0.29) is 12.4 Å². The van der Waals surface area contributed by atoms with E-state index in [4.69, 9.17) is 4.74 Å². The molecule has 0 spiro atoms. The Morgan fingerprint density at radius 3 is 1.84 bits per heavy atom. The lowest BCUT2D eigenvalue weighted by Crippen LogP contribution is -2.08. The quantitative estimate of drug-likeness (QED) is 0.134. The first-order valence-corrected chi connectivity index (χ1v) is 15.5. The maximum absolute atomic E-state index is 14.6. The van der Waals surface area contributed by atoms with Gasteiger partial charge in [-0.2, -0.15) is 0 Å². The van der Waals surface area contributed by atoms with Crippen LogP contribution in [0.5, 0.6) is 5.75 Å². The van der Waals surface area contributed by atoms with E-state index in [1.807, 2.05) is 12.4 Å². The highest BCUT2D eigenvalue weighted by Crippen LogP contribution is 2.24. The Bertz CT molecular complexity index is 843. The van der Waals surface area contributed by atoms with Gasteiger partial charge in [-0.15, -0.1) is 0 Å². The lowest BCUT2D eigenvalue weighted by atomic mass is 10.0. The maximum Gasteiger partial charge on any atom is 0.165 e. The van der Waals surface area contributed by atoms with Gasteiger partial charge in [0.15, 0.2) is 17.4 Å². The fraction of sp³-hybridized carbons (Fsp3) is 0.697. The molecule has 0 N–H and O–H groups in total. The van der Waals surface area contributed by atoms with E-state index in [0.29, 0.717) is 24.2 Å². The molecule has 3 nitrogen and oxygen atoms in total. The molecular formula is C33H52F2N2O. The van der Waals surface area contributed by atoms with Crippen LogP contribution in [-0.4, -0.2) is 22.7 Å². The molecule has 0 saturated heterocycles. The minimum atomic E-state index is -0.893. The van der Waals surface area contributed by atoms with Gasteiger partial charge in [0.05, 0.1) is 6.61 Å². The largest absolute Gasteiger partial charge is 0.490 e. The molecule has 1 heterocycles. The zero-order chi connectivity index (χ0) is 27.3. The summed E-state index contributed by atoms with van der Waals surface area (Å²) in [6.07, 6.45) is 24.7. The second kappa shape index (κ2) is 20.9. The highest BCUT2D eigenvalue weighted by Gasteiger charge is 2.11. The summed E-state index contributed by atoms with van der Waals surface area (Å²) in [5.74, 6) is 0.190. The Hall–Kier alpha value is -2.04. The van der Waals surface area contributed by atoms with Crippen molar-refractivity contribution < 1.29 is 13.5 Å². The van der Waals surface area contributed by atoms with E-state index in [0.717, 1.165) is 31.2 Å². The number of nitrogens with zero attached hydrogens (tertiary/aromatic N) is 2. The molecule has 0 fully saturated rings. The summed E-state index contributed by atoms with van der Waals surface area (Å²) in [5, 5.41) is 0. The van der Waals surface area contributed by atoms with Crippen molar-refractivity contribution in [2.75, 3.05) is 6.61 Å². The Balaban J connectivity index is 1.63. The fourth-order valence-corrected chi connectivity index (χ4v) is 4.79. The molecule has 0 bridgehead atoms. The van der Waals surface area contributed by atoms with Crippen LogP contribution < -0.4 is 4.74 Å². The van der Waals surface area contributed by atoms with Crippen LogP contribution in [0.2, 0.25) is 0 Å². The fourth-order valence-electron chi connectivity index (χ4n) is 4.79. The van der Waals surface area contributed by atoms with Crippen molar-refractivity contribution in [2.45, 2.75) is 142 Å². The van der Waals surface area contributed by atoms with E-state index in [1.165, 1.54) is 89.5 Å². The number of aromatic nitrogens is 2. The van der Waals surface area contributed by atoms with E-state index in [9.17, 15) is 8.78 Å². The van der Waals surface area contributed by atoms with Gasteiger partial charge in [-0.3, -0.25) is 0 Å². The van der Waals surface area contributed by atoms with Crippen LogP contribution in [0.1, 0.15) is 135 Å². The minimum Gasteiger partial charge on any atom is -0.490 e. The summed E-state index contributed by atoms with van der Waals surface area (Å²) in [6, 6.07) is 4.75. The molecule has 0 aliphatic carbocycles. The molecule has 0 aliphatic rings. The lowest BCUT2D eigenvalue weighted by molar-refractivity contribution is 0.217. The molecule has 2 aromatic rings. The first-order chi connectivity index (χ1) is 18.6. The monoisotopic (exact) mass is 530 g/mol. The van der Waals surface area contributed by atoms with Crippen LogP contribution in [0.25, 0.3) is 11.4 Å². The number of unbranched alkanes of at least 4 members (excludes halogenated alkanes) is 14. The molecule has 1 unspecified atom stereocenters. The number of hydrogen-bond donors (Lipinski definition) is 0. The molecule has 1 aromatic carbocycles. The average molecular weight is 531 g/mol.